The maximum absolute atomic E-state index is 13.9. The number of nitrogens with zero attached hydrogens (tertiary/aromatic N) is 2. The van der Waals surface area contributed by atoms with Gasteiger partial charge in [-0.05, 0) is 76.0 Å². The number of hydrogen-bond donors (Lipinski definition) is 4. The zero-order valence-corrected chi connectivity index (χ0v) is 25.8. The van der Waals surface area contributed by atoms with Gasteiger partial charge in [-0.2, -0.15) is 0 Å². The number of hydrogen-bond acceptors (Lipinski definition) is 8. The van der Waals surface area contributed by atoms with Gasteiger partial charge in [0.25, 0.3) is 11.8 Å². The van der Waals surface area contributed by atoms with Crippen LogP contribution in [0, 0.1) is 11.3 Å². The monoisotopic (exact) mass is 605 g/mol. The van der Waals surface area contributed by atoms with E-state index in [1.807, 2.05) is 49.4 Å². The summed E-state index contributed by atoms with van der Waals surface area (Å²) in [6, 6.07) is 7.74. The number of carbonyl (C=O) groups excluding carboxylic acids is 4. The van der Waals surface area contributed by atoms with Gasteiger partial charge >= 0.3 is 5.97 Å². The van der Waals surface area contributed by atoms with Gasteiger partial charge in [-0.3, -0.25) is 29.2 Å². The molecule has 2 aromatic rings. The first-order valence-electron chi connectivity index (χ1n) is 15.6. The molecule has 5 rings (SSSR count). The van der Waals surface area contributed by atoms with Crippen molar-refractivity contribution >= 4 is 40.7 Å². The Kier molecular flexibility index (Phi) is 9.36. The molecule has 44 heavy (non-hydrogen) atoms. The molecular weight excluding hydrogens is 562 g/mol. The van der Waals surface area contributed by atoms with E-state index >= 15 is 0 Å². The summed E-state index contributed by atoms with van der Waals surface area (Å²) in [5.41, 5.74) is 4.27. The predicted molar refractivity (Wildman–Crippen MR) is 164 cm³/mol. The fourth-order valence-corrected chi connectivity index (χ4v) is 6.15. The number of cyclic esters (lactones) is 1. The van der Waals surface area contributed by atoms with Gasteiger partial charge in [0, 0.05) is 11.9 Å². The molecule has 4 atom stereocenters. The predicted octanol–water partition coefficient (Wildman–Crippen LogP) is 2.93. The average Bonchev–Trinajstić information content (AvgIpc) is 3.01. The summed E-state index contributed by atoms with van der Waals surface area (Å²) in [4.78, 5) is 58.7. The highest BCUT2D eigenvalue weighted by molar-refractivity contribution is 5.92. The van der Waals surface area contributed by atoms with Gasteiger partial charge in [-0.15, -0.1) is 0 Å². The number of aliphatic hydroxyl groups excluding tert-OH is 1. The van der Waals surface area contributed by atoms with Crippen molar-refractivity contribution in [2.45, 2.75) is 96.6 Å². The second-order valence-electron chi connectivity index (χ2n) is 12.8. The number of fused-ring (bicyclic) bond motifs is 4. The zero-order valence-electron chi connectivity index (χ0n) is 25.8. The smallest absolute Gasteiger partial charge is 0.316 e. The number of benzene rings is 1. The summed E-state index contributed by atoms with van der Waals surface area (Å²) in [5, 5.41) is 18.3. The molecule has 11 heteroatoms. The number of ether oxygens (including phenoxy) is 1. The second-order valence-corrected chi connectivity index (χ2v) is 12.8. The minimum absolute atomic E-state index is 0.245. The number of aromatic nitrogens is 1. The first kappa shape index (κ1) is 31.6. The summed E-state index contributed by atoms with van der Waals surface area (Å²) in [5.74, 6) is -2.09. The van der Waals surface area contributed by atoms with Gasteiger partial charge in [0.05, 0.1) is 28.8 Å². The highest BCUT2D eigenvalue weighted by Crippen LogP contribution is 2.40. The molecule has 3 heterocycles. The molecule has 5 bridgehead atoms. The van der Waals surface area contributed by atoms with Crippen molar-refractivity contribution in [3.63, 3.8) is 0 Å². The molecule has 1 aliphatic carbocycles. The molecule has 1 aromatic carbocycles. The fourth-order valence-electron chi connectivity index (χ4n) is 6.15. The maximum atomic E-state index is 13.9. The lowest BCUT2D eigenvalue weighted by Gasteiger charge is -2.36. The largest absolute Gasteiger partial charge is 0.451 e. The van der Waals surface area contributed by atoms with E-state index < -0.39 is 47.5 Å². The van der Waals surface area contributed by atoms with Crippen molar-refractivity contribution in [1.29, 1.82) is 0 Å². The number of hydrazine groups is 1. The Balaban J connectivity index is 1.53. The zero-order chi connectivity index (χ0) is 31.6. The molecule has 1 spiro atoms. The van der Waals surface area contributed by atoms with Crippen LogP contribution in [0.4, 0.5) is 0 Å². The standard InChI is InChI=1S/C33H43N5O6/c1-19(2)28-30(41)35-21(4)31(42)38-17-5-6-26(37-38)29(40)34-20(3)25-10-9-23-8-7-22(18-27(23)36-25)11-14-33(32(43)44-28)15-12-24(39)13-16-33/h7-11,14,18-21,24,26,28,37,39H,5-6,12-13,15-17H2,1-4H3,(H,34,40)(H,35,41)/b14-11+/t20-,21+,24?,26?,28+,33?/m1/s1. The van der Waals surface area contributed by atoms with Gasteiger partial charge in [0.15, 0.2) is 6.10 Å². The lowest BCUT2D eigenvalue weighted by molar-refractivity contribution is -0.168. The van der Waals surface area contributed by atoms with Gasteiger partial charge < -0.3 is 20.5 Å². The molecule has 1 unspecified atom stereocenters. The number of amides is 3. The van der Waals surface area contributed by atoms with Gasteiger partial charge in [-0.25, -0.2) is 5.43 Å². The third-order valence-electron chi connectivity index (χ3n) is 8.98. The van der Waals surface area contributed by atoms with Crippen molar-refractivity contribution in [2.24, 2.45) is 11.3 Å². The van der Waals surface area contributed by atoms with Crippen LogP contribution >= 0.6 is 0 Å². The van der Waals surface area contributed by atoms with Gasteiger partial charge in [0.2, 0.25) is 5.91 Å². The fraction of sp³-hybridized carbons (Fsp3) is 0.545. The summed E-state index contributed by atoms with van der Waals surface area (Å²) >= 11 is 0. The highest BCUT2D eigenvalue weighted by atomic mass is 16.5. The quantitative estimate of drug-likeness (QED) is 0.363. The normalized spacial score (nSPS) is 31.5. The summed E-state index contributed by atoms with van der Waals surface area (Å²) in [7, 11) is 0. The topological polar surface area (TPSA) is 150 Å². The number of carbonyl (C=O) groups is 4. The van der Waals surface area contributed by atoms with Crippen molar-refractivity contribution in [3.8, 4) is 0 Å². The van der Waals surface area contributed by atoms with Crippen LogP contribution < -0.4 is 16.1 Å². The molecule has 1 aromatic heterocycles. The van der Waals surface area contributed by atoms with Crippen LogP contribution in [0.5, 0.6) is 0 Å². The van der Waals surface area contributed by atoms with Crippen LogP contribution in [0.15, 0.2) is 36.4 Å². The van der Waals surface area contributed by atoms with Crippen LogP contribution in [-0.4, -0.2) is 69.6 Å². The summed E-state index contributed by atoms with van der Waals surface area (Å²) in [6.07, 6.45) is 4.84. The van der Waals surface area contributed by atoms with E-state index in [9.17, 15) is 24.3 Å². The van der Waals surface area contributed by atoms with E-state index in [2.05, 4.69) is 16.1 Å². The Morgan fingerprint density at radius 3 is 2.41 bits per heavy atom. The first-order chi connectivity index (χ1) is 21.0. The van der Waals surface area contributed by atoms with E-state index in [0.29, 0.717) is 50.8 Å². The van der Waals surface area contributed by atoms with Crippen molar-refractivity contribution in [2.75, 3.05) is 6.54 Å². The SMILES string of the molecule is CC(C)[C@@H]1OC(=O)C2(/C=C/c3ccc4ccc(nc4c3)[C@@H](C)NC(=O)C3CCCN(N3)C(=O)[C@H](C)NC1=O)CCC(O)CC2. The number of aliphatic hydroxyl groups is 1. The van der Waals surface area contributed by atoms with Crippen molar-refractivity contribution < 1.29 is 29.0 Å². The molecule has 2 aliphatic heterocycles. The van der Waals surface area contributed by atoms with E-state index in [-0.39, 0.29) is 17.9 Å². The van der Waals surface area contributed by atoms with Crippen molar-refractivity contribution in [1.82, 2.24) is 26.1 Å². The Morgan fingerprint density at radius 2 is 1.68 bits per heavy atom. The van der Waals surface area contributed by atoms with Gasteiger partial charge in [0.1, 0.15) is 12.1 Å². The second kappa shape index (κ2) is 13.0. The number of nitrogens with one attached hydrogen (secondary N) is 3. The van der Waals surface area contributed by atoms with E-state index in [1.54, 1.807) is 20.8 Å². The molecule has 3 aliphatic rings. The van der Waals surface area contributed by atoms with E-state index in [0.717, 1.165) is 16.5 Å². The molecule has 2 fully saturated rings. The Labute approximate surface area is 257 Å². The molecule has 0 radical (unpaired) electrons. The molecule has 236 valence electrons. The number of rotatable bonds is 1. The number of esters is 1. The summed E-state index contributed by atoms with van der Waals surface area (Å²) in [6.45, 7) is 7.39. The van der Waals surface area contributed by atoms with Crippen LogP contribution in [0.1, 0.15) is 83.5 Å². The number of pyridine rings is 1. The van der Waals surface area contributed by atoms with Crippen LogP contribution in [-0.2, 0) is 23.9 Å². The molecular formula is C33H43N5O6. The minimum atomic E-state index is -1.12. The Bertz CT molecular complexity index is 1450. The summed E-state index contributed by atoms with van der Waals surface area (Å²) < 4.78 is 5.93. The third kappa shape index (κ3) is 6.78. The minimum Gasteiger partial charge on any atom is -0.451 e. The molecule has 1 saturated carbocycles. The highest BCUT2D eigenvalue weighted by Gasteiger charge is 2.43. The third-order valence-corrected chi connectivity index (χ3v) is 8.98. The van der Waals surface area contributed by atoms with Crippen molar-refractivity contribution in [3.05, 3.63) is 47.7 Å². The molecule has 1 saturated heterocycles. The molecule has 3 amide bonds. The lowest BCUT2D eigenvalue weighted by Crippen LogP contribution is -2.61. The maximum Gasteiger partial charge on any atom is 0.316 e. The Hall–Kier alpha value is -3.83. The van der Waals surface area contributed by atoms with Gasteiger partial charge in [-0.1, -0.05) is 44.2 Å². The Morgan fingerprint density at radius 1 is 0.977 bits per heavy atom. The first-order valence-corrected chi connectivity index (χ1v) is 15.6. The van der Waals surface area contributed by atoms with E-state index in [1.165, 1.54) is 5.01 Å². The molecule has 4 N–H and O–H groups in total. The lowest BCUT2D eigenvalue weighted by atomic mass is 9.72. The average molecular weight is 606 g/mol. The van der Waals surface area contributed by atoms with E-state index in [4.69, 9.17) is 9.72 Å². The van der Waals surface area contributed by atoms with Crippen LogP contribution in [0.2, 0.25) is 0 Å². The molecule has 11 nitrogen and oxygen atoms in total. The van der Waals surface area contributed by atoms with Crippen LogP contribution in [0.3, 0.4) is 0 Å². The van der Waals surface area contributed by atoms with Crippen LogP contribution in [0.25, 0.3) is 17.0 Å².